The molecular weight excluding hydrogens is 360 g/mol. The van der Waals surface area contributed by atoms with Crippen LogP contribution in [0.5, 0.6) is 0 Å². The molecule has 0 unspecified atom stereocenters. The van der Waals surface area contributed by atoms with E-state index in [4.69, 9.17) is 9.15 Å². The Labute approximate surface area is 160 Å². The molecular formula is C21H18N2O5. The second-order valence-corrected chi connectivity index (χ2v) is 6.62. The van der Waals surface area contributed by atoms with Crippen molar-refractivity contribution in [1.82, 2.24) is 9.78 Å². The number of carbonyl (C=O) groups excluding carboxylic acids is 2. The number of hydrogen-bond acceptors (Lipinski definition) is 6. The van der Waals surface area contributed by atoms with E-state index in [1.165, 1.54) is 11.1 Å². The number of aromatic nitrogens is 2. The molecule has 1 aliphatic rings. The van der Waals surface area contributed by atoms with Crippen LogP contribution in [-0.4, -0.2) is 28.1 Å². The third-order valence-electron chi connectivity index (χ3n) is 4.69. The lowest BCUT2D eigenvalue weighted by atomic mass is 10.0. The van der Waals surface area contributed by atoms with Crippen LogP contribution in [0.2, 0.25) is 0 Å². The lowest BCUT2D eigenvalue weighted by molar-refractivity contribution is -0.143. The van der Waals surface area contributed by atoms with Crippen molar-refractivity contribution >= 4 is 11.8 Å². The van der Waals surface area contributed by atoms with Crippen LogP contribution in [0.3, 0.4) is 0 Å². The third kappa shape index (κ3) is 3.78. The zero-order chi connectivity index (χ0) is 19.5. The molecule has 1 heterocycles. The first-order valence-electron chi connectivity index (χ1n) is 9.04. The smallest absolute Gasteiger partial charge is 0.437 e. The van der Waals surface area contributed by atoms with Crippen LogP contribution < -0.4 is 5.76 Å². The number of fused-ring (bicyclic) bond motifs is 1. The van der Waals surface area contributed by atoms with Gasteiger partial charge >= 0.3 is 11.7 Å². The number of Topliss-reactive ketones (excluding diaryl/α,β-unsaturated/α-hetero) is 1. The second kappa shape index (κ2) is 7.64. The molecule has 0 aliphatic heterocycles. The highest BCUT2D eigenvalue weighted by Crippen LogP contribution is 2.23. The third-order valence-corrected chi connectivity index (χ3v) is 4.69. The topological polar surface area (TPSA) is 91.4 Å². The number of ketones is 1. The molecule has 28 heavy (non-hydrogen) atoms. The highest BCUT2D eigenvalue weighted by Gasteiger charge is 2.17. The summed E-state index contributed by atoms with van der Waals surface area (Å²) >= 11 is 0. The van der Waals surface area contributed by atoms with Crippen LogP contribution in [0.1, 0.15) is 27.9 Å². The maximum atomic E-state index is 12.3. The number of carbonyl (C=O) groups is 2. The molecule has 3 aromatic rings. The minimum atomic E-state index is -0.763. The highest BCUT2D eigenvalue weighted by molar-refractivity contribution is 5.98. The fourth-order valence-corrected chi connectivity index (χ4v) is 3.25. The molecule has 0 saturated carbocycles. The Morgan fingerprint density at radius 1 is 1.07 bits per heavy atom. The van der Waals surface area contributed by atoms with Crippen LogP contribution in [-0.2, 0) is 28.9 Å². The standard InChI is InChI=1S/C21H18N2O5/c24-18(17-10-9-14-7-4-8-16(14)11-17)13-27-19(25)12-23-21(26)28-20(22-23)15-5-2-1-3-6-15/h1-3,5-6,9-11H,4,7-8,12-13H2. The van der Waals surface area contributed by atoms with Gasteiger partial charge in [0.15, 0.2) is 12.4 Å². The average Bonchev–Trinajstić information content (AvgIpc) is 3.33. The van der Waals surface area contributed by atoms with Crippen molar-refractivity contribution in [3.8, 4) is 11.5 Å². The van der Waals surface area contributed by atoms with Gasteiger partial charge in [0.05, 0.1) is 0 Å². The predicted molar refractivity (Wildman–Crippen MR) is 100.0 cm³/mol. The van der Waals surface area contributed by atoms with Crippen LogP contribution in [0.4, 0.5) is 0 Å². The van der Waals surface area contributed by atoms with Gasteiger partial charge < -0.3 is 9.15 Å². The first kappa shape index (κ1) is 17.9. The quantitative estimate of drug-likeness (QED) is 0.483. The number of benzene rings is 2. The van der Waals surface area contributed by atoms with Gasteiger partial charge in [-0.25, -0.2) is 4.79 Å². The minimum absolute atomic E-state index is 0.118. The SMILES string of the molecule is O=C(Cn1nc(-c2ccccc2)oc1=O)OCC(=O)c1ccc2c(c1)CCC2. The van der Waals surface area contributed by atoms with Crippen LogP contribution in [0.25, 0.3) is 11.5 Å². The number of rotatable bonds is 6. The fraction of sp³-hybridized carbons (Fsp3) is 0.238. The number of aryl methyl sites for hydroxylation is 2. The van der Waals surface area contributed by atoms with E-state index < -0.39 is 18.3 Å². The van der Waals surface area contributed by atoms with Crippen molar-refractivity contribution in [2.75, 3.05) is 6.61 Å². The summed E-state index contributed by atoms with van der Waals surface area (Å²) in [4.78, 5) is 36.2. The normalized spacial score (nSPS) is 12.6. The van der Waals surface area contributed by atoms with E-state index in [0.29, 0.717) is 11.1 Å². The molecule has 0 amide bonds. The summed E-state index contributed by atoms with van der Waals surface area (Å²) in [6, 6.07) is 14.5. The number of nitrogens with zero attached hydrogens (tertiary/aromatic N) is 2. The van der Waals surface area contributed by atoms with E-state index in [1.54, 1.807) is 30.3 Å². The van der Waals surface area contributed by atoms with Crippen molar-refractivity contribution < 1.29 is 18.7 Å². The summed E-state index contributed by atoms with van der Waals surface area (Å²) in [5.74, 6) is -1.65. The molecule has 0 fully saturated rings. The first-order chi connectivity index (χ1) is 13.6. The van der Waals surface area contributed by atoms with Crippen LogP contribution >= 0.6 is 0 Å². The summed E-state index contributed by atoms with van der Waals surface area (Å²) in [7, 11) is 0. The monoisotopic (exact) mass is 378 g/mol. The van der Waals surface area contributed by atoms with Gasteiger partial charge in [-0.05, 0) is 48.6 Å². The summed E-state index contributed by atoms with van der Waals surface area (Å²) < 4.78 is 11.0. The molecule has 0 N–H and O–H groups in total. The van der Waals surface area contributed by atoms with Gasteiger partial charge in [0.2, 0.25) is 5.89 Å². The number of ether oxygens (including phenoxy) is 1. The molecule has 1 aliphatic carbocycles. The Hall–Kier alpha value is -3.48. The van der Waals surface area contributed by atoms with Crippen LogP contribution in [0, 0.1) is 0 Å². The van der Waals surface area contributed by atoms with Gasteiger partial charge in [-0.2, -0.15) is 4.68 Å². The van der Waals surface area contributed by atoms with E-state index in [-0.39, 0.29) is 18.3 Å². The minimum Gasteiger partial charge on any atom is -0.456 e. The van der Waals surface area contributed by atoms with Crippen molar-refractivity contribution in [2.45, 2.75) is 25.8 Å². The maximum absolute atomic E-state index is 12.3. The van der Waals surface area contributed by atoms with Gasteiger partial charge in [-0.15, -0.1) is 5.10 Å². The van der Waals surface area contributed by atoms with Gasteiger partial charge in [0.1, 0.15) is 6.54 Å². The van der Waals surface area contributed by atoms with E-state index in [1.807, 2.05) is 18.2 Å². The summed E-state index contributed by atoms with van der Waals surface area (Å²) in [6.45, 7) is -0.803. The van der Waals surface area contributed by atoms with E-state index >= 15 is 0 Å². The Morgan fingerprint density at radius 2 is 1.86 bits per heavy atom. The fourth-order valence-electron chi connectivity index (χ4n) is 3.25. The van der Waals surface area contributed by atoms with E-state index in [2.05, 4.69) is 5.10 Å². The van der Waals surface area contributed by atoms with Gasteiger partial charge in [0.25, 0.3) is 0 Å². The summed E-state index contributed by atoms with van der Waals surface area (Å²) in [5.41, 5.74) is 3.60. The summed E-state index contributed by atoms with van der Waals surface area (Å²) in [5, 5.41) is 4.00. The molecule has 0 saturated heterocycles. The Morgan fingerprint density at radius 3 is 2.68 bits per heavy atom. The molecule has 0 spiro atoms. The lowest BCUT2D eigenvalue weighted by Crippen LogP contribution is -2.24. The van der Waals surface area contributed by atoms with E-state index in [9.17, 15) is 14.4 Å². The highest BCUT2D eigenvalue weighted by atomic mass is 16.5. The van der Waals surface area contributed by atoms with E-state index in [0.717, 1.165) is 23.9 Å². The predicted octanol–water partition coefficient (Wildman–Crippen LogP) is 2.42. The van der Waals surface area contributed by atoms with Crippen molar-refractivity contribution in [3.63, 3.8) is 0 Å². The van der Waals surface area contributed by atoms with Crippen LogP contribution in [0.15, 0.2) is 57.7 Å². The Balaban J connectivity index is 1.36. The summed E-state index contributed by atoms with van der Waals surface area (Å²) in [6.07, 6.45) is 3.10. The molecule has 7 nitrogen and oxygen atoms in total. The molecule has 142 valence electrons. The first-order valence-corrected chi connectivity index (χ1v) is 9.04. The maximum Gasteiger partial charge on any atom is 0.437 e. The molecule has 0 radical (unpaired) electrons. The van der Waals surface area contributed by atoms with Crippen molar-refractivity contribution in [3.05, 3.63) is 75.8 Å². The molecule has 2 aromatic carbocycles. The lowest BCUT2D eigenvalue weighted by Gasteiger charge is -2.06. The van der Waals surface area contributed by atoms with Gasteiger partial charge in [-0.3, -0.25) is 9.59 Å². The number of esters is 1. The zero-order valence-electron chi connectivity index (χ0n) is 15.1. The molecule has 0 atom stereocenters. The largest absolute Gasteiger partial charge is 0.456 e. The van der Waals surface area contributed by atoms with Gasteiger partial charge in [-0.1, -0.05) is 30.3 Å². The molecule has 7 heteroatoms. The molecule has 0 bridgehead atoms. The van der Waals surface area contributed by atoms with Gasteiger partial charge in [0, 0.05) is 11.1 Å². The Kier molecular flexibility index (Phi) is 4.89. The second-order valence-electron chi connectivity index (χ2n) is 6.62. The van der Waals surface area contributed by atoms with Crippen molar-refractivity contribution in [1.29, 1.82) is 0 Å². The molecule has 1 aromatic heterocycles. The zero-order valence-corrected chi connectivity index (χ0v) is 15.1. The van der Waals surface area contributed by atoms with Crippen molar-refractivity contribution in [2.24, 2.45) is 0 Å². The molecule has 4 rings (SSSR count). The Bertz CT molecular complexity index is 1080. The average molecular weight is 378 g/mol. The number of hydrogen-bond donors (Lipinski definition) is 0.